The lowest BCUT2D eigenvalue weighted by molar-refractivity contribution is -0.131. The van der Waals surface area contributed by atoms with Gasteiger partial charge in [-0.2, -0.15) is 0 Å². The smallest absolute Gasteiger partial charge is 0.223 e. The molecule has 3 heteroatoms. The second-order valence-corrected chi connectivity index (χ2v) is 3.67. The van der Waals surface area contributed by atoms with Gasteiger partial charge in [0.2, 0.25) is 5.91 Å². The predicted molar refractivity (Wildman–Crippen MR) is 56.7 cm³/mol. The molecule has 1 unspecified atom stereocenters. The van der Waals surface area contributed by atoms with Gasteiger partial charge in [0.15, 0.2) is 0 Å². The van der Waals surface area contributed by atoms with Crippen molar-refractivity contribution >= 4 is 5.91 Å². The van der Waals surface area contributed by atoms with Gasteiger partial charge in [-0.25, -0.2) is 0 Å². The fraction of sp³-hybridized carbons (Fsp3) is 0.727. The van der Waals surface area contributed by atoms with Crippen LogP contribution in [0.5, 0.6) is 0 Å². The summed E-state index contributed by atoms with van der Waals surface area (Å²) in [6, 6.07) is 0. The highest BCUT2D eigenvalue weighted by Gasteiger charge is 2.20. The largest absolute Gasteiger partial charge is 0.332 e. The first kappa shape index (κ1) is 11.1. The summed E-state index contributed by atoms with van der Waals surface area (Å²) in [6.45, 7) is 5.12. The number of nitrogens with zero attached hydrogens (tertiary/aromatic N) is 1. The van der Waals surface area contributed by atoms with E-state index in [1.807, 2.05) is 6.92 Å². The first-order valence-corrected chi connectivity index (χ1v) is 5.19. The molecule has 0 spiro atoms. The number of carbonyl (C=O) groups excluding carboxylic acids is 1. The van der Waals surface area contributed by atoms with Gasteiger partial charge >= 0.3 is 0 Å². The van der Waals surface area contributed by atoms with Crippen LogP contribution in [0.2, 0.25) is 0 Å². The number of nitrogens with one attached hydrogen (secondary N) is 1. The zero-order chi connectivity index (χ0) is 10.4. The Bertz CT molecular complexity index is 226. The van der Waals surface area contributed by atoms with Crippen molar-refractivity contribution in [1.82, 2.24) is 10.2 Å². The van der Waals surface area contributed by atoms with Crippen molar-refractivity contribution in [3.63, 3.8) is 0 Å². The summed E-state index contributed by atoms with van der Waals surface area (Å²) in [6.07, 6.45) is 6.95. The quantitative estimate of drug-likeness (QED) is 0.660. The molecule has 1 amide bonds. The molecule has 3 nitrogen and oxygen atoms in total. The molecule has 1 N–H and O–H groups in total. The Balaban J connectivity index is 2.35. The summed E-state index contributed by atoms with van der Waals surface area (Å²) >= 11 is 0. The minimum atomic E-state index is 0.194. The van der Waals surface area contributed by atoms with Crippen LogP contribution in [0.4, 0.5) is 0 Å². The van der Waals surface area contributed by atoms with E-state index in [1.54, 1.807) is 4.90 Å². The van der Waals surface area contributed by atoms with Crippen LogP contribution in [-0.2, 0) is 4.79 Å². The van der Waals surface area contributed by atoms with Crippen molar-refractivity contribution in [2.24, 2.45) is 5.92 Å². The van der Waals surface area contributed by atoms with Crippen LogP contribution in [0.15, 0.2) is 0 Å². The van der Waals surface area contributed by atoms with E-state index in [4.69, 9.17) is 6.42 Å². The first-order chi connectivity index (χ1) is 6.77. The van der Waals surface area contributed by atoms with Crippen LogP contribution >= 0.6 is 0 Å². The third-order valence-electron chi connectivity index (χ3n) is 2.64. The zero-order valence-corrected chi connectivity index (χ0v) is 8.75. The van der Waals surface area contributed by atoms with Crippen LogP contribution < -0.4 is 5.32 Å². The molecular formula is C11H18N2O. The van der Waals surface area contributed by atoms with Gasteiger partial charge in [0.25, 0.3) is 0 Å². The maximum Gasteiger partial charge on any atom is 0.223 e. The Morgan fingerprint density at radius 2 is 2.50 bits per heavy atom. The second kappa shape index (κ2) is 5.66. The molecule has 1 rings (SSSR count). The fourth-order valence-corrected chi connectivity index (χ4v) is 1.75. The Morgan fingerprint density at radius 1 is 1.71 bits per heavy atom. The van der Waals surface area contributed by atoms with Gasteiger partial charge in [0.05, 0.1) is 6.54 Å². The van der Waals surface area contributed by atoms with Gasteiger partial charge in [0.1, 0.15) is 0 Å². The highest BCUT2D eigenvalue weighted by molar-refractivity contribution is 5.76. The molecule has 0 aromatic heterocycles. The molecule has 1 aliphatic heterocycles. The summed E-state index contributed by atoms with van der Waals surface area (Å²) < 4.78 is 0. The Morgan fingerprint density at radius 3 is 3.00 bits per heavy atom. The van der Waals surface area contributed by atoms with E-state index in [1.165, 1.54) is 0 Å². The van der Waals surface area contributed by atoms with Crippen molar-refractivity contribution in [3.8, 4) is 12.3 Å². The van der Waals surface area contributed by atoms with Crippen LogP contribution in [0.1, 0.15) is 19.8 Å². The molecule has 1 saturated heterocycles. The molecule has 0 saturated carbocycles. The Labute approximate surface area is 85.9 Å². The minimum Gasteiger partial charge on any atom is -0.332 e. The van der Waals surface area contributed by atoms with Crippen molar-refractivity contribution in [2.45, 2.75) is 19.8 Å². The van der Waals surface area contributed by atoms with Crippen LogP contribution in [0, 0.1) is 18.3 Å². The van der Waals surface area contributed by atoms with Crippen molar-refractivity contribution in [2.75, 3.05) is 26.2 Å². The molecule has 0 aliphatic carbocycles. The summed E-state index contributed by atoms with van der Waals surface area (Å²) in [5.41, 5.74) is 0. The molecule has 0 bridgehead atoms. The molecule has 1 heterocycles. The summed E-state index contributed by atoms with van der Waals surface area (Å²) in [4.78, 5) is 13.5. The first-order valence-electron chi connectivity index (χ1n) is 5.19. The zero-order valence-electron chi connectivity index (χ0n) is 8.75. The van der Waals surface area contributed by atoms with Gasteiger partial charge < -0.3 is 10.2 Å². The van der Waals surface area contributed by atoms with Crippen molar-refractivity contribution in [1.29, 1.82) is 0 Å². The lowest BCUT2D eigenvalue weighted by atomic mass is 10.0. The lowest BCUT2D eigenvalue weighted by Gasteiger charge is -2.19. The third-order valence-corrected chi connectivity index (χ3v) is 2.64. The van der Waals surface area contributed by atoms with E-state index in [-0.39, 0.29) is 5.91 Å². The monoisotopic (exact) mass is 194 g/mol. The predicted octanol–water partition coefficient (Wildman–Crippen LogP) is 0.468. The molecule has 0 aromatic carbocycles. The Kier molecular flexibility index (Phi) is 4.48. The standard InChI is InChI=1S/C11H18N2O/c1-3-7-13(4-2)11(14)8-10-5-6-12-9-10/h1,10,12H,4-9H2,2H3. The highest BCUT2D eigenvalue weighted by Crippen LogP contribution is 2.13. The SMILES string of the molecule is C#CCN(CC)C(=O)CC1CCNC1. The molecule has 1 aliphatic rings. The lowest BCUT2D eigenvalue weighted by Crippen LogP contribution is -2.32. The maximum absolute atomic E-state index is 11.7. The maximum atomic E-state index is 11.7. The number of amides is 1. The average Bonchev–Trinajstić information content (AvgIpc) is 2.66. The van der Waals surface area contributed by atoms with Crippen LogP contribution in [-0.4, -0.2) is 37.0 Å². The van der Waals surface area contributed by atoms with Crippen molar-refractivity contribution in [3.05, 3.63) is 0 Å². The molecule has 1 fully saturated rings. The summed E-state index contributed by atoms with van der Waals surface area (Å²) in [7, 11) is 0. The number of hydrogen-bond acceptors (Lipinski definition) is 2. The molecule has 14 heavy (non-hydrogen) atoms. The van der Waals surface area contributed by atoms with Gasteiger partial charge in [-0.05, 0) is 32.4 Å². The van der Waals surface area contributed by atoms with E-state index in [9.17, 15) is 4.79 Å². The van der Waals surface area contributed by atoms with Crippen molar-refractivity contribution < 1.29 is 4.79 Å². The second-order valence-electron chi connectivity index (χ2n) is 3.67. The van der Waals surface area contributed by atoms with Crippen LogP contribution in [0.3, 0.4) is 0 Å². The molecule has 1 atom stereocenters. The normalized spacial score (nSPS) is 20.4. The van der Waals surface area contributed by atoms with E-state index < -0.39 is 0 Å². The van der Waals surface area contributed by atoms with E-state index in [0.29, 0.717) is 25.4 Å². The number of hydrogen-bond donors (Lipinski definition) is 1. The number of terminal acetylenes is 1. The Hall–Kier alpha value is -1.01. The fourth-order valence-electron chi connectivity index (χ4n) is 1.75. The molecule has 0 aromatic rings. The van der Waals surface area contributed by atoms with Gasteiger partial charge in [-0.3, -0.25) is 4.79 Å². The highest BCUT2D eigenvalue weighted by atomic mass is 16.2. The third kappa shape index (κ3) is 3.04. The minimum absolute atomic E-state index is 0.194. The molecular weight excluding hydrogens is 176 g/mol. The van der Waals surface area contributed by atoms with Gasteiger partial charge in [0, 0.05) is 13.0 Å². The van der Waals surface area contributed by atoms with E-state index >= 15 is 0 Å². The molecule has 0 radical (unpaired) electrons. The molecule has 78 valence electrons. The van der Waals surface area contributed by atoms with Gasteiger partial charge in [-0.15, -0.1) is 6.42 Å². The number of carbonyl (C=O) groups is 1. The summed E-state index contributed by atoms with van der Waals surface area (Å²) in [5.74, 6) is 3.22. The van der Waals surface area contributed by atoms with Gasteiger partial charge in [-0.1, -0.05) is 5.92 Å². The van der Waals surface area contributed by atoms with Crippen LogP contribution in [0.25, 0.3) is 0 Å². The topological polar surface area (TPSA) is 32.3 Å². The number of rotatable bonds is 4. The van der Waals surface area contributed by atoms with E-state index in [2.05, 4.69) is 11.2 Å². The average molecular weight is 194 g/mol. The summed E-state index contributed by atoms with van der Waals surface area (Å²) in [5, 5.41) is 3.26. The van der Waals surface area contributed by atoms with E-state index in [0.717, 1.165) is 19.5 Å².